The van der Waals surface area contributed by atoms with Gasteiger partial charge in [0.15, 0.2) is 0 Å². The van der Waals surface area contributed by atoms with Crippen molar-refractivity contribution in [2.75, 3.05) is 26.2 Å². The first-order valence-corrected chi connectivity index (χ1v) is 14.8. The van der Waals surface area contributed by atoms with Crippen molar-refractivity contribution in [3.05, 3.63) is 85.5 Å². The SMILES string of the molecule is CCCn1c(=O)n(C)c(=O)c2[nH]c(-c3ccc(S(=O)(=O)N4CCN(Cc5ccccc5Br)CC4)cc3)cc21. The molecule has 1 aliphatic rings. The van der Waals surface area contributed by atoms with E-state index in [0.29, 0.717) is 49.5 Å². The van der Waals surface area contributed by atoms with Crippen molar-refractivity contribution >= 4 is 37.0 Å². The third-order valence-electron chi connectivity index (χ3n) is 7.06. The highest BCUT2D eigenvalue weighted by molar-refractivity contribution is 9.10. The molecule has 0 bridgehead atoms. The van der Waals surface area contributed by atoms with Crippen molar-refractivity contribution in [2.45, 2.75) is 31.3 Å². The smallest absolute Gasteiger partial charge is 0.331 e. The molecule has 0 saturated carbocycles. The first-order valence-electron chi connectivity index (χ1n) is 12.6. The quantitative estimate of drug-likeness (QED) is 0.351. The molecule has 0 spiro atoms. The van der Waals surface area contributed by atoms with Crippen LogP contribution in [0.25, 0.3) is 22.3 Å². The molecule has 0 radical (unpaired) electrons. The van der Waals surface area contributed by atoms with Gasteiger partial charge in [-0.1, -0.05) is 53.2 Å². The predicted octanol–water partition coefficient (Wildman–Crippen LogP) is 3.37. The third-order valence-corrected chi connectivity index (χ3v) is 9.74. The van der Waals surface area contributed by atoms with Crippen LogP contribution in [0.15, 0.2) is 73.6 Å². The van der Waals surface area contributed by atoms with Gasteiger partial charge in [-0.15, -0.1) is 0 Å². The average molecular weight is 601 g/mol. The average Bonchev–Trinajstić information content (AvgIpc) is 3.37. The maximum Gasteiger partial charge on any atom is 0.331 e. The summed E-state index contributed by atoms with van der Waals surface area (Å²) in [6.07, 6.45) is 0.748. The van der Waals surface area contributed by atoms with Crippen LogP contribution >= 0.6 is 15.9 Å². The van der Waals surface area contributed by atoms with Gasteiger partial charge in [0.2, 0.25) is 10.0 Å². The van der Waals surface area contributed by atoms with Gasteiger partial charge in [-0.2, -0.15) is 4.31 Å². The number of H-pyrrole nitrogens is 1. The van der Waals surface area contributed by atoms with Gasteiger partial charge < -0.3 is 4.98 Å². The number of nitrogens with one attached hydrogen (secondary N) is 1. The lowest BCUT2D eigenvalue weighted by molar-refractivity contribution is 0.181. The van der Waals surface area contributed by atoms with E-state index in [1.807, 2.05) is 25.1 Å². The van der Waals surface area contributed by atoms with E-state index in [1.165, 1.54) is 16.9 Å². The van der Waals surface area contributed by atoms with Crippen molar-refractivity contribution < 1.29 is 8.42 Å². The second kappa shape index (κ2) is 10.6. The standard InChI is InChI=1S/C27H30BrN5O4S/c1-3-12-33-24-17-23(29-25(24)26(34)30(2)27(33)35)19-8-10-21(11-9-19)38(36,37)32-15-13-31(14-16-32)18-20-6-4-5-7-22(20)28/h4-11,17,29H,3,12-16,18H2,1-2H3. The van der Waals surface area contributed by atoms with Gasteiger partial charge in [-0.25, -0.2) is 13.2 Å². The molecular formula is C27H30BrN5O4S. The van der Waals surface area contributed by atoms with Crippen LogP contribution in [-0.4, -0.2) is 57.9 Å². The molecule has 9 nitrogen and oxygen atoms in total. The lowest BCUT2D eigenvalue weighted by Crippen LogP contribution is -2.48. The number of benzene rings is 2. The van der Waals surface area contributed by atoms with Crippen LogP contribution in [-0.2, 0) is 30.2 Å². The van der Waals surface area contributed by atoms with E-state index in [0.717, 1.165) is 27.6 Å². The molecule has 38 heavy (non-hydrogen) atoms. The molecule has 3 heterocycles. The highest BCUT2D eigenvalue weighted by Gasteiger charge is 2.28. The lowest BCUT2D eigenvalue weighted by Gasteiger charge is -2.34. The Morgan fingerprint density at radius 1 is 0.974 bits per heavy atom. The Morgan fingerprint density at radius 2 is 1.66 bits per heavy atom. The van der Waals surface area contributed by atoms with Crippen molar-refractivity contribution in [2.24, 2.45) is 7.05 Å². The zero-order valence-electron chi connectivity index (χ0n) is 21.4. The Labute approximate surface area is 229 Å². The minimum atomic E-state index is -3.63. The molecule has 5 rings (SSSR count). The molecule has 1 fully saturated rings. The van der Waals surface area contributed by atoms with E-state index in [4.69, 9.17) is 0 Å². The fraction of sp³-hybridized carbons (Fsp3) is 0.333. The largest absolute Gasteiger partial charge is 0.349 e. The summed E-state index contributed by atoms with van der Waals surface area (Å²) in [5, 5.41) is 0. The number of fused-ring (bicyclic) bond motifs is 1. The molecule has 1 aliphatic heterocycles. The van der Waals surface area contributed by atoms with E-state index >= 15 is 0 Å². The number of aryl methyl sites for hydroxylation is 1. The van der Waals surface area contributed by atoms with Gasteiger partial charge in [0.1, 0.15) is 5.52 Å². The summed E-state index contributed by atoms with van der Waals surface area (Å²) in [4.78, 5) is 30.9. The monoisotopic (exact) mass is 599 g/mol. The van der Waals surface area contributed by atoms with E-state index in [2.05, 4.69) is 31.9 Å². The molecule has 11 heteroatoms. The third kappa shape index (κ3) is 4.91. The molecule has 0 atom stereocenters. The van der Waals surface area contributed by atoms with E-state index < -0.39 is 10.0 Å². The van der Waals surface area contributed by atoms with Crippen molar-refractivity contribution in [3.63, 3.8) is 0 Å². The molecular weight excluding hydrogens is 570 g/mol. The van der Waals surface area contributed by atoms with E-state index in [9.17, 15) is 18.0 Å². The minimum absolute atomic E-state index is 0.232. The molecule has 1 saturated heterocycles. The number of aromatic nitrogens is 3. The van der Waals surface area contributed by atoms with Crippen LogP contribution in [0.3, 0.4) is 0 Å². The molecule has 200 valence electrons. The minimum Gasteiger partial charge on any atom is -0.349 e. The Morgan fingerprint density at radius 3 is 2.32 bits per heavy atom. The fourth-order valence-corrected chi connectivity index (χ4v) is 6.74. The predicted molar refractivity (Wildman–Crippen MR) is 152 cm³/mol. The molecule has 0 unspecified atom stereocenters. The van der Waals surface area contributed by atoms with Crippen molar-refractivity contribution in [1.82, 2.24) is 23.3 Å². The summed E-state index contributed by atoms with van der Waals surface area (Å²) in [5.41, 5.74) is 2.73. The Balaban J connectivity index is 1.34. The van der Waals surface area contributed by atoms with Gasteiger partial charge in [0, 0.05) is 56.5 Å². The van der Waals surface area contributed by atoms with Crippen LogP contribution in [0.2, 0.25) is 0 Å². The number of rotatable bonds is 7. The maximum absolute atomic E-state index is 13.3. The van der Waals surface area contributed by atoms with Crippen LogP contribution in [0.4, 0.5) is 0 Å². The van der Waals surface area contributed by atoms with Crippen molar-refractivity contribution in [1.29, 1.82) is 0 Å². The van der Waals surface area contributed by atoms with Crippen LogP contribution < -0.4 is 11.2 Å². The summed E-state index contributed by atoms with van der Waals surface area (Å²) in [6, 6.07) is 16.5. The fourth-order valence-electron chi connectivity index (χ4n) is 4.90. The van der Waals surface area contributed by atoms with Gasteiger partial charge in [-0.3, -0.25) is 18.8 Å². The summed E-state index contributed by atoms with van der Waals surface area (Å²) in [5.74, 6) is 0. The number of sulfonamides is 1. The number of nitrogens with zero attached hydrogens (tertiary/aromatic N) is 4. The van der Waals surface area contributed by atoms with Crippen LogP contribution in [0, 0.1) is 0 Å². The molecule has 2 aromatic heterocycles. The van der Waals surface area contributed by atoms with Gasteiger partial charge in [-0.05, 0) is 41.8 Å². The van der Waals surface area contributed by atoms with Gasteiger partial charge in [0.25, 0.3) is 5.56 Å². The Kier molecular flexibility index (Phi) is 7.45. The van der Waals surface area contributed by atoms with Gasteiger partial charge >= 0.3 is 5.69 Å². The first kappa shape index (κ1) is 26.6. The highest BCUT2D eigenvalue weighted by Crippen LogP contribution is 2.26. The zero-order chi connectivity index (χ0) is 27.0. The highest BCUT2D eigenvalue weighted by atomic mass is 79.9. The first-order chi connectivity index (χ1) is 18.2. The molecule has 1 N–H and O–H groups in total. The maximum atomic E-state index is 13.3. The Bertz CT molecular complexity index is 1700. The van der Waals surface area contributed by atoms with Gasteiger partial charge in [0.05, 0.1) is 10.4 Å². The number of piperazine rings is 1. The molecule has 4 aromatic rings. The second-order valence-corrected chi connectivity index (χ2v) is 12.3. The zero-order valence-corrected chi connectivity index (χ0v) is 23.8. The number of aromatic amines is 1. The van der Waals surface area contributed by atoms with E-state index in [1.54, 1.807) is 34.9 Å². The number of hydrogen-bond donors (Lipinski definition) is 1. The summed E-state index contributed by atoms with van der Waals surface area (Å²) in [6.45, 7) is 5.39. The van der Waals surface area contributed by atoms with Crippen molar-refractivity contribution in [3.8, 4) is 11.3 Å². The molecule has 0 amide bonds. The number of halogens is 1. The summed E-state index contributed by atoms with van der Waals surface area (Å²) >= 11 is 3.58. The van der Waals surface area contributed by atoms with E-state index in [-0.39, 0.29) is 16.1 Å². The summed E-state index contributed by atoms with van der Waals surface area (Å²) < 4.78 is 32.0. The van der Waals surface area contributed by atoms with Crippen LogP contribution in [0.5, 0.6) is 0 Å². The normalized spacial score (nSPS) is 15.3. The second-order valence-electron chi connectivity index (χ2n) is 9.54. The lowest BCUT2D eigenvalue weighted by atomic mass is 10.1. The molecule has 0 aliphatic carbocycles. The topological polar surface area (TPSA) is 100 Å². The Hall–Kier alpha value is -2.99. The number of hydrogen-bond acceptors (Lipinski definition) is 5. The van der Waals surface area contributed by atoms with Crippen LogP contribution in [0.1, 0.15) is 18.9 Å². The molecule has 2 aromatic carbocycles. The summed E-state index contributed by atoms with van der Waals surface area (Å²) in [7, 11) is -2.16.